The van der Waals surface area contributed by atoms with Crippen LogP contribution in [0, 0.1) is 11.3 Å². The maximum absolute atomic E-state index is 11.7. The molecule has 2 rings (SSSR count). The molecule has 0 radical (unpaired) electrons. The summed E-state index contributed by atoms with van der Waals surface area (Å²) in [6.45, 7) is 6.47. The van der Waals surface area contributed by atoms with Crippen molar-refractivity contribution < 1.29 is 9.21 Å². The van der Waals surface area contributed by atoms with Gasteiger partial charge in [0.1, 0.15) is 0 Å². The quantitative estimate of drug-likeness (QED) is 0.835. The van der Waals surface area contributed by atoms with Crippen molar-refractivity contribution in [1.82, 2.24) is 15.5 Å². The molecule has 1 aromatic rings. The Morgan fingerprint density at radius 3 is 2.62 bits per heavy atom. The van der Waals surface area contributed by atoms with Gasteiger partial charge in [0.05, 0.1) is 6.54 Å². The maximum Gasteiger partial charge on any atom is 0.235 e. The lowest BCUT2D eigenvalue weighted by Crippen LogP contribution is -2.26. The van der Waals surface area contributed by atoms with Gasteiger partial charge in [-0.15, -0.1) is 10.2 Å². The van der Waals surface area contributed by atoms with E-state index >= 15 is 0 Å². The molecule has 0 bridgehead atoms. The third-order valence-corrected chi connectivity index (χ3v) is 3.05. The van der Waals surface area contributed by atoms with Crippen LogP contribution in [0.4, 0.5) is 0 Å². The van der Waals surface area contributed by atoms with Gasteiger partial charge in [-0.05, 0) is 11.8 Å². The van der Waals surface area contributed by atoms with E-state index in [0.29, 0.717) is 18.3 Å². The summed E-state index contributed by atoms with van der Waals surface area (Å²) in [5.41, 5.74) is 0.160. The van der Waals surface area contributed by atoms with Crippen molar-refractivity contribution in [2.45, 2.75) is 40.2 Å². The molecule has 1 atom stereocenters. The molecule has 88 valence electrons. The molecule has 1 N–H and O–H groups in total. The summed E-state index contributed by atoms with van der Waals surface area (Å²) >= 11 is 0. The van der Waals surface area contributed by atoms with Crippen LogP contribution in [0.15, 0.2) is 4.42 Å². The largest absolute Gasteiger partial charge is 0.423 e. The number of aryl methyl sites for hydroxylation is 1. The van der Waals surface area contributed by atoms with Crippen molar-refractivity contribution in [3.05, 3.63) is 11.8 Å². The highest BCUT2D eigenvalue weighted by molar-refractivity contribution is 5.82. The van der Waals surface area contributed by atoms with Crippen molar-refractivity contribution in [2.24, 2.45) is 11.3 Å². The van der Waals surface area contributed by atoms with E-state index < -0.39 is 0 Å². The Balaban J connectivity index is 1.81. The van der Waals surface area contributed by atoms with E-state index in [0.717, 1.165) is 12.8 Å². The summed E-state index contributed by atoms with van der Waals surface area (Å²) in [5.74, 6) is 1.31. The number of hydrogen-bond donors (Lipinski definition) is 1. The predicted molar refractivity (Wildman–Crippen MR) is 57.4 cm³/mol. The number of carbonyl (C=O) groups excluding carboxylic acids is 1. The second-order valence-electron chi connectivity index (χ2n) is 4.91. The Morgan fingerprint density at radius 2 is 2.12 bits per heavy atom. The van der Waals surface area contributed by atoms with E-state index in [-0.39, 0.29) is 17.2 Å². The Labute approximate surface area is 94.6 Å². The van der Waals surface area contributed by atoms with E-state index in [9.17, 15) is 4.79 Å². The lowest BCUT2D eigenvalue weighted by molar-refractivity contribution is -0.123. The van der Waals surface area contributed by atoms with Crippen LogP contribution in [-0.2, 0) is 17.8 Å². The maximum atomic E-state index is 11.7. The van der Waals surface area contributed by atoms with Crippen LogP contribution in [0.1, 0.15) is 39.0 Å². The minimum absolute atomic E-state index is 0.0845. The molecule has 5 nitrogen and oxygen atoms in total. The summed E-state index contributed by atoms with van der Waals surface area (Å²) in [5, 5.41) is 10.5. The molecule has 5 heteroatoms. The van der Waals surface area contributed by atoms with Gasteiger partial charge >= 0.3 is 0 Å². The fraction of sp³-hybridized carbons (Fsp3) is 0.727. The van der Waals surface area contributed by atoms with Crippen LogP contribution in [-0.4, -0.2) is 16.1 Å². The number of nitrogens with one attached hydrogen (secondary N) is 1. The molecule has 1 heterocycles. The van der Waals surface area contributed by atoms with Crippen molar-refractivity contribution >= 4 is 5.91 Å². The molecule has 0 saturated heterocycles. The number of amides is 1. The molecule has 1 aliphatic rings. The Hall–Kier alpha value is -1.39. The summed E-state index contributed by atoms with van der Waals surface area (Å²) in [4.78, 5) is 11.7. The lowest BCUT2D eigenvalue weighted by Gasteiger charge is -2.03. The van der Waals surface area contributed by atoms with Crippen LogP contribution >= 0.6 is 0 Å². The van der Waals surface area contributed by atoms with Gasteiger partial charge in [-0.3, -0.25) is 4.79 Å². The minimum atomic E-state index is 0.0845. The molecule has 1 saturated carbocycles. The second-order valence-corrected chi connectivity index (χ2v) is 4.91. The first kappa shape index (κ1) is 11.1. The Morgan fingerprint density at radius 1 is 1.50 bits per heavy atom. The van der Waals surface area contributed by atoms with Crippen molar-refractivity contribution in [1.29, 1.82) is 0 Å². The monoisotopic (exact) mass is 223 g/mol. The van der Waals surface area contributed by atoms with Gasteiger partial charge in [0.2, 0.25) is 17.7 Å². The molecule has 1 aliphatic carbocycles. The van der Waals surface area contributed by atoms with Crippen LogP contribution in [0.25, 0.3) is 0 Å². The van der Waals surface area contributed by atoms with Crippen LogP contribution in [0.5, 0.6) is 0 Å². The normalized spacial score (nSPS) is 21.8. The zero-order valence-corrected chi connectivity index (χ0v) is 9.91. The van der Waals surface area contributed by atoms with E-state index in [1.807, 2.05) is 6.92 Å². The fourth-order valence-corrected chi connectivity index (χ4v) is 1.70. The summed E-state index contributed by atoms with van der Waals surface area (Å²) < 4.78 is 5.30. The molecule has 0 aliphatic heterocycles. The molecule has 1 aromatic heterocycles. The van der Waals surface area contributed by atoms with Gasteiger partial charge in [-0.25, -0.2) is 0 Å². The third kappa shape index (κ3) is 2.23. The molecular weight excluding hydrogens is 206 g/mol. The van der Waals surface area contributed by atoms with Crippen molar-refractivity contribution in [3.63, 3.8) is 0 Å². The van der Waals surface area contributed by atoms with Gasteiger partial charge in [-0.1, -0.05) is 20.8 Å². The van der Waals surface area contributed by atoms with Gasteiger partial charge in [0.15, 0.2) is 0 Å². The first-order chi connectivity index (χ1) is 7.53. The number of carbonyl (C=O) groups is 1. The third-order valence-electron chi connectivity index (χ3n) is 3.05. The Kier molecular flexibility index (Phi) is 2.69. The summed E-state index contributed by atoms with van der Waals surface area (Å²) in [6.07, 6.45) is 1.68. The molecule has 1 fully saturated rings. The molecule has 0 aromatic carbocycles. The van der Waals surface area contributed by atoms with Gasteiger partial charge in [0.25, 0.3) is 0 Å². The number of rotatable bonds is 4. The zero-order chi connectivity index (χ0) is 11.8. The SMILES string of the molecule is CCc1nnc(CNC(=O)[C@H]2CC2(C)C)o1. The van der Waals surface area contributed by atoms with E-state index in [2.05, 4.69) is 29.4 Å². The van der Waals surface area contributed by atoms with Crippen molar-refractivity contribution in [2.75, 3.05) is 0 Å². The number of hydrogen-bond acceptors (Lipinski definition) is 4. The molecule has 0 unspecified atom stereocenters. The minimum Gasteiger partial charge on any atom is -0.423 e. The van der Waals surface area contributed by atoms with Gasteiger partial charge in [0, 0.05) is 12.3 Å². The molecule has 16 heavy (non-hydrogen) atoms. The smallest absolute Gasteiger partial charge is 0.235 e. The summed E-state index contributed by atoms with van der Waals surface area (Å²) in [6, 6.07) is 0. The molecule has 0 spiro atoms. The molecular formula is C11H17N3O2. The first-order valence-corrected chi connectivity index (χ1v) is 5.62. The zero-order valence-electron chi connectivity index (χ0n) is 9.91. The van der Waals surface area contributed by atoms with Crippen LogP contribution in [0.2, 0.25) is 0 Å². The first-order valence-electron chi connectivity index (χ1n) is 5.62. The molecule has 1 amide bonds. The lowest BCUT2D eigenvalue weighted by atomic mass is 10.1. The van der Waals surface area contributed by atoms with Crippen LogP contribution < -0.4 is 5.32 Å². The fourth-order valence-electron chi connectivity index (χ4n) is 1.70. The second kappa shape index (κ2) is 3.88. The van der Waals surface area contributed by atoms with Crippen LogP contribution in [0.3, 0.4) is 0 Å². The van der Waals surface area contributed by atoms with E-state index in [1.54, 1.807) is 0 Å². The number of nitrogens with zero attached hydrogens (tertiary/aromatic N) is 2. The predicted octanol–water partition coefficient (Wildman–Crippen LogP) is 1.29. The van der Waals surface area contributed by atoms with Gasteiger partial charge in [-0.2, -0.15) is 0 Å². The van der Waals surface area contributed by atoms with Gasteiger partial charge < -0.3 is 9.73 Å². The Bertz CT molecular complexity index is 398. The standard InChI is InChI=1S/C11H17N3O2/c1-4-8-13-14-9(16-8)6-12-10(15)7-5-11(7,2)3/h7H,4-6H2,1-3H3,(H,12,15)/t7-/m1/s1. The van der Waals surface area contributed by atoms with E-state index in [1.165, 1.54) is 0 Å². The number of aromatic nitrogens is 2. The highest BCUT2D eigenvalue weighted by Gasteiger charge is 2.50. The topological polar surface area (TPSA) is 68.0 Å². The van der Waals surface area contributed by atoms with Crippen molar-refractivity contribution in [3.8, 4) is 0 Å². The van der Waals surface area contributed by atoms with E-state index in [4.69, 9.17) is 4.42 Å². The highest BCUT2D eigenvalue weighted by atomic mass is 16.4. The summed E-state index contributed by atoms with van der Waals surface area (Å²) in [7, 11) is 0. The average molecular weight is 223 g/mol. The average Bonchev–Trinajstić information content (AvgIpc) is 2.71. The highest BCUT2D eigenvalue weighted by Crippen LogP contribution is 2.51.